The van der Waals surface area contributed by atoms with Crippen LogP contribution in [0.3, 0.4) is 0 Å². The van der Waals surface area contributed by atoms with E-state index in [1.165, 1.54) is 33.6 Å². The first-order valence-corrected chi connectivity index (χ1v) is 7.39. The van der Waals surface area contributed by atoms with E-state index in [9.17, 15) is 0 Å². The van der Waals surface area contributed by atoms with Gasteiger partial charge in [-0.15, -0.1) is 0 Å². The number of aromatic amines is 1. The molecule has 0 amide bonds. The van der Waals surface area contributed by atoms with E-state index in [1.54, 1.807) is 0 Å². The Morgan fingerprint density at radius 3 is 2.95 bits per heavy atom. The van der Waals surface area contributed by atoms with Gasteiger partial charge in [-0.1, -0.05) is 18.2 Å². The highest BCUT2D eigenvalue weighted by Gasteiger charge is 2.23. The summed E-state index contributed by atoms with van der Waals surface area (Å²) in [7, 11) is 2.18. The summed E-state index contributed by atoms with van der Waals surface area (Å²) in [5.74, 6) is 0. The van der Waals surface area contributed by atoms with Gasteiger partial charge in [0.05, 0.1) is 5.69 Å². The maximum Gasteiger partial charge on any atom is 0.0959 e. The molecule has 0 fully saturated rings. The van der Waals surface area contributed by atoms with Crippen LogP contribution in [0.2, 0.25) is 0 Å². The van der Waals surface area contributed by atoms with E-state index in [0.29, 0.717) is 0 Å². The van der Waals surface area contributed by atoms with Crippen molar-refractivity contribution in [3.8, 4) is 11.3 Å². The van der Waals surface area contributed by atoms with Gasteiger partial charge in [-0.2, -0.15) is 5.10 Å². The van der Waals surface area contributed by atoms with Crippen LogP contribution in [-0.2, 0) is 25.9 Å². The Morgan fingerprint density at radius 2 is 2.00 bits per heavy atom. The molecule has 0 aliphatic carbocycles. The Kier molecular flexibility index (Phi) is 2.86. The molecule has 4 nitrogen and oxygen atoms in total. The van der Waals surface area contributed by atoms with Gasteiger partial charge in [0, 0.05) is 42.9 Å². The molecule has 2 aliphatic rings. The molecule has 1 aromatic carbocycles. The Labute approximate surface area is 119 Å². The van der Waals surface area contributed by atoms with Gasteiger partial charge in [0.25, 0.3) is 0 Å². The predicted octanol–water partition coefficient (Wildman–Crippen LogP) is 1.71. The number of nitrogens with zero attached hydrogens (tertiary/aromatic N) is 2. The van der Waals surface area contributed by atoms with E-state index in [4.69, 9.17) is 0 Å². The van der Waals surface area contributed by atoms with Crippen molar-refractivity contribution >= 4 is 0 Å². The van der Waals surface area contributed by atoms with E-state index in [0.717, 1.165) is 39.0 Å². The van der Waals surface area contributed by atoms with Crippen LogP contribution in [0, 0.1) is 0 Å². The topological polar surface area (TPSA) is 44.0 Å². The maximum atomic E-state index is 4.64. The van der Waals surface area contributed by atoms with Crippen molar-refractivity contribution in [2.45, 2.75) is 25.9 Å². The second-order valence-corrected chi connectivity index (χ2v) is 5.89. The molecule has 0 saturated heterocycles. The molecule has 2 aromatic rings. The molecule has 0 atom stereocenters. The predicted molar refractivity (Wildman–Crippen MR) is 79.5 cm³/mol. The Morgan fingerprint density at radius 1 is 1.10 bits per heavy atom. The number of benzene rings is 1. The SMILES string of the molecule is CN1Cc2cccc(-c3n[nH]c4c3CCNCC4)c2C1. The molecule has 0 saturated carbocycles. The molecule has 4 heteroatoms. The number of rotatable bonds is 1. The third-order valence-corrected chi connectivity index (χ3v) is 4.45. The van der Waals surface area contributed by atoms with Crippen LogP contribution >= 0.6 is 0 Å². The van der Waals surface area contributed by atoms with Crippen molar-refractivity contribution in [1.82, 2.24) is 20.4 Å². The van der Waals surface area contributed by atoms with Gasteiger partial charge in [0.2, 0.25) is 0 Å². The van der Waals surface area contributed by atoms with Crippen LogP contribution in [0.25, 0.3) is 11.3 Å². The molecule has 0 spiro atoms. The molecule has 3 heterocycles. The monoisotopic (exact) mass is 268 g/mol. The van der Waals surface area contributed by atoms with Gasteiger partial charge in [-0.3, -0.25) is 10.00 Å². The summed E-state index contributed by atoms with van der Waals surface area (Å²) in [6.07, 6.45) is 2.12. The average molecular weight is 268 g/mol. The number of nitrogens with one attached hydrogen (secondary N) is 2. The minimum absolute atomic E-state index is 1.03. The van der Waals surface area contributed by atoms with E-state index in [-0.39, 0.29) is 0 Å². The molecule has 20 heavy (non-hydrogen) atoms. The van der Waals surface area contributed by atoms with Gasteiger partial charge in [0.1, 0.15) is 0 Å². The van der Waals surface area contributed by atoms with Gasteiger partial charge >= 0.3 is 0 Å². The third-order valence-electron chi connectivity index (χ3n) is 4.45. The zero-order valence-electron chi connectivity index (χ0n) is 11.9. The molecule has 2 aliphatic heterocycles. The molecule has 0 unspecified atom stereocenters. The first-order valence-electron chi connectivity index (χ1n) is 7.39. The second-order valence-electron chi connectivity index (χ2n) is 5.89. The van der Waals surface area contributed by atoms with Crippen molar-refractivity contribution in [2.24, 2.45) is 0 Å². The highest BCUT2D eigenvalue weighted by Crippen LogP contribution is 2.34. The van der Waals surface area contributed by atoms with Crippen molar-refractivity contribution < 1.29 is 0 Å². The van der Waals surface area contributed by atoms with Gasteiger partial charge in [0.15, 0.2) is 0 Å². The minimum atomic E-state index is 1.03. The van der Waals surface area contributed by atoms with Gasteiger partial charge in [-0.25, -0.2) is 0 Å². The molecule has 2 N–H and O–H groups in total. The van der Waals surface area contributed by atoms with Crippen LogP contribution < -0.4 is 5.32 Å². The van der Waals surface area contributed by atoms with Gasteiger partial charge in [-0.05, 0) is 31.1 Å². The molecule has 0 bridgehead atoms. The first-order chi connectivity index (χ1) is 9.83. The fourth-order valence-electron chi connectivity index (χ4n) is 3.46. The van der Waals surface area contributed by atoms with Crippen molar-refractivity contribution in [1.29, 1.82) is 0 Å². The van der Waals surface area contributed by atoms with E-state index in [1.807, 2.05) is 0 Å². The van der Waals surface area contributed by atoms with Crippen LogP contribution in [0.1, 0.15) is 22.4 Å². The van der Waals surface area contributed by atoms with Crippen LogP contribution in [-0.4, -0.2) is 35.2 Å². The summed E-state index contributed by atoms with van der Waals surface area (Å²) in [5, 5.41) is 11.4. The Hall–Kier alpha value is -1.65. The van der Waals surface area contributed by atoms with Crippen molar-refractivity contribution in [3.05, 3.63) is 40.6 Å². The van der Waals surface area contributed by atoms with Crippen LogP contribution in [0.15, 0.2) is 18.2 Å². The maximum absolute atomic E-state index is 4.64. The second kappa shape index (κ2) is 4.72. The summed E-state index contributed by atoms with van der Waals surface area (Å²) in [4.78, 5) is 2.36. The third kappa shape index (κ3) is 1.87. The summed E-state index contributed by atoms with van der Waals surface area (Å²) in [5.41, 5.74) is 8.14. The highest BCUT2D eigenvalue weighted by atomic mass is 15.1. The zero-order valence-corrected chi connectivity index (χ0v) is 11.9. The van der Waals surface area contributed by atoms with E-state index < -0.39 is 0 Å². The lowest BCUT2D eigenvalue weighted by molar-refractivity contribution is 0.353. The zero-order chi connectivity index (χ0) is 13.5. The lowest BCUT2D eigenvalue weighted by Gasteiger charge is -2.08. The smallest absolute Gasteiger partial charge is 0.0959 e. The lowest BCUT2D eigenvalue weighted by atomic mass is 9.96. The largest absolute Gasteiger partial charge is 0.316 e. The fraction of sp³-hybridized carbons (Fsp3) is 0.438. The Bertz CT molecular complexity index is 644. The summed E-state index contributed by atoms with van der Waals surface area (Å²) >= 11 is 0. The number of aromatic nitrogens is 2. The van der Waals surface area contributed by atoms with Crippen molar-refractivity contribution in [3.63, 3.8) is 0 Å². The first kappa shape index (κ1) is 12.1. The number of hydrogen-bond acceptors (Lipinski definition) is 3. The molecule has 4 rings (SSSR count). The molecule has 1 aromatic heterocycles. The highest BCUT2D eigenvalue weighted by molar-refractivity contribution is 5.70. The van der Waals surface area contributed by atoms with E-state index >= 15 is 0 Å². The van der Waals surface area contributed by atoms with Gasteiger partial charge < -0.3 is 5.32 Å². The van der Waals surface area contributed by atoms with Crippen molar-refractivity contribution in [2.75, 3.05) is 20.1 Å². The van der Waals surface area contributed by atoms with Crippen LogP contribution in [0.4, 0.5) is 0 Å². The number of fused-ring (bicyclic) bond motifs is 2. The standard InChI is InChI=1S/C16H20N4/c1-20-9-11-3-2-4-12(14(11)10-20)16-13-5-7-17-8-6-15(13)18-19-16/h2-4,17H,5-10H2,1H3,(H,18,19). The normalized spacial score (nSPS) is 18.6. The lowest BCUT2D eigenvalue weighted by Crippen LogP contribution is -2.16. The fourth-order valence-corrected chi connectivity index (χ4v) is 3.46. The minimum Gasteiger partial charge on any atom is -0.316 e. The van der Waals surface area contributed by atoms with Crippen LogP contribution in [0.5, 0.6) is 0 Å². The number of hydrogen-bond donors (Lipinski definition) is 2. The molecular weight excluding hydrogens is 248 g/mol. The summed E-state index contributed by atoms with van der Waals surface area (Å²) < 4.78 is 0. The number of H-pyrrole nitrogens is 1. The quantitative estimate of drug-likeness (QED) is 0.827. The summed E-state index contributed by atoms with van der Waals surface area (Å²) in [6.45, 7) is 4.18. The Balaban J connectivity index is 1.83. The summed E-state index contributed by atoms with van der Waals surface area (Å²) in [6, 6.07) is 6.64. The molecule has 0 radical (unpaired) electrons. The van der Waals surface area contributed by atoms with E-state index in [2.05, 4.69) is 45.7 Å². The molecular formula is C16H20N4. The molecule has 104 valence electrons. The average Bonchev–Trinajstić information content (AvgIpc) is 2.93.